The van der Waals surface area contributed by atoms with Gasteiger partial charge in [0.1, 0.15) is 5.82 Å². The second-order valence-electron chi connectivity index (χ2n) is 7.57. The van der Waals surface area contributed by atoms with Crippen LogP contribution in [0.3, 0.4) is 0 Å². The van der Waals surface area contributed by atoms with Crippen LogP contribution in [0.4, 0.5) is 15.9 Å². The maximum Gasteiger partial charge on any atom is 0.209 e. The van der Waals surface area contributed by atoms with Crippen molar-refractivity contribution in [2.45, 2.75) is 32.1 Å². The van der Waals surface area contributed by atoms with Crippen LogP contribution in [0.15, 0.2) is 32.3 Å². The van der Waals surface area contributed by atoms with Crippen molar-refractivity contribution in [1.82, 2.24) is 15.8 Å². The molecule has 1 saturated carbocycles. The molecule has 13 heteroatoms. The highest BCUT2D eigenvalue weighted by Gasteiger charge is 2.24. The van der Waals surface area contributed by atoms with Crippen molar-refractivity contribution in [3.8, 4) is 0 Å². The van der Waals surface area contributed by atoms with Gasteiger partial charge in [0.05, 0.1) is 15.9 Å². The summed E-state index contributed by atoms with van der Waals surface area (Å²) in [6.45, 7) is 0.577. The van der Waals surface area contributed by atoms with E-state index in [2.05, 4.69) is 36.6 Å². The Bertz CT molecular complexity index is 1030. The molecule has 2 atom stereocenters. The topological polar surface area (TPSA) is 156 Å². The molecule has 3 rings (SSSR count). The van der Waals surface area contributed by atoms with Crippen molar-refractivity contribution < 1.29 is 22.6 Å². The molecule has 1 aromatic heterocycles. The van der Waals surface area contributed by atoms with Crippen LogP contribution < -0.4 is 15.9 Å². The smallest absolute Gasteiger partial charge is 0.209 e. The van der Waals surface area contributed by atoms with Gasteiger partial charge in [0, 0.05) is 6.54 Å². The normalized spacial score (nSPS) is 19.9. The summed E-state index contributed by atoms with van der Waals surface area (Å²) in [6, 6.07) is 4.15. The van der Waals surface area contributed by atoms with Crippen LogP contribution in [0.2, 0.25) is 0 Å². The first-order chi connectivity index (χ1) is 14.7. The largest absolute Gasteiger partial charge is 0.365 e. The molecule has 2 aromatic rings. The Morgan fingerprint density at radius 2 is 2.13 bits per heavy atom. The molecule has 1 fully saturated rings. The number of rotatable bonds is 8. The number of hydrogen-bond donors (Lipinski definition) is 4. The van der Waals surface area contributed by atoms with Crippen LogP contribution in [-0.4, -0.2) is 42.1 Å². The number of benzene rings is 1. The number of anilines is 1. The molecular formula is C18H24BrFN6O4S. The number of nitrogens with one attached hydrogen (secondary N) is 2. The molecule has 0 radical (unpaired) electrons. The summed E-state index contributed by atoms with van der Waals surface area (Å²) >= 11 is 3.09. The summed E-state index contributed by atoms with van der Waals surface area (Å²) < 4.78 is 40.9. The molecule has 170 valence electrons. The summed E-state index contributed by atoms with van der Waals surface area (Å²) in [7, 11) is -3.45. The lowest BCUT2D eigenvalue weighted by molar-refractivity contribution is 0.234. The van der Waals surface area contributed by atoms with Crippen LogP contribution in [0, 0.1) is 17.7 Å². The molecule has 1 heterocycles. The zero-order valence-corrected chi connectivity index (χ0v) is 19.0. The number of nitrogens with two attached hydrogens (primary N) is 1. The van der Waals surface area contributed by atoms with Crippen LogP contribution in [0.25, 0.3) is 0 Å². The van der Waals surface area contributed by atoms with Crippen molar-refractivity contribution in [3.05, 3.63) is 34.2 Å². The third-order valence-electron chi connectivity index (χ3n) is 5.22. The standard InChI is InChI=1S/C18H24BrFN6O4S/c19-14-9-13(4-5-15(14)20)23-18(24-27)16-17(26-30-25-16)22-10-12-3-1-2-11(8-12)6-7-31(21,28)29/h4-5,9,11-12,27H,1-3,6-8,10H2,(H,22,26)(H,23,24)(H2,21,28,29). The second kappa shape index (κ2) is 10.5. The average molecular weight is 519 g/mol. The second-order valence-corrected chi connectivity index (χ2v) is 10.2. The predicted molar refractivity (Wildman–Crippen MR) is 116 cm³/mol. The molecule has 2 unspecified atom stereocenters. The Morgan fingerprint density at radius 1 is 1.35 bits per heavy atom. The van der Waals surface area contributed by atoms with E-state index in [9.17, 15) is 18.0 Å². The summed E-state index contributed by atoms with van der Waals surface area (Å²) in [5, 5.41) is 25.4. The predicted octanol–water partition coefficient (Wildman–Crippen LogP) is 2.93. The first kappa shape index (κ1) is 23.6. The minimum atomic E-state index is -3.45. The molecule has 0 bridgehead atoms. The lowest BCUT2D eigenvalue weighted by Gasteiger charge is -2.29. The molecular weight excluding hydrogens is 495 g/mol. The number of hydrogen-bond acceptors (Lipinski definition) is 8. The number of nitrogens with zero attached hydrogens (tertiary/aromatic N) is 3. The Balaban J connectivity index is 1.64. The highest BCUT2D eigenvalue weighted by molar-refractivity contribution is 9.10. The van der Waals surface area contributed by atoms with E-state index in [0.717, 1.165) is 25.7 Å². The van der Waals surface area contributed by atoms with E-state index in [4.69, 9.17) is 9.77 Å². The van der Waals surface area contributed by atoms with E-state index in [-0.39, 0.29) is 21.8 Å². The average Bonchev–Trinajstić information content (AvgIpc) is 3.20. The maximum absolute atomic E-state index is 13.4. The minimum Gasteiger partial charge on any atom is -0.365 e. The van der Waals surface area contributed by atoms with Crippen LogP contribution in [0.5, 0.6) is 0 Å². The molecule has 5 N–H and O–H groups in total. The molecule has 0 aliphatic heterocycles. The van der Waals surface area contributed by atoms with Crippen LogP contribution in [0.1, 0.15) is 37.8 Å². The number of sulfonamides is 1. The van der Waals surface area contributed by atoms with Crippen LogP contribution >= 0.6 is 15.9 Å². The quantitative estimate of drug-likeness (QED) is 0.236. The number of primary sulfonamides is 1. The molecule has 31 heavy (non-hydrogen) atoms. The summed E-state index contributed by atoms with van der Waals surface area (Å²) in [5.41, 5.74) is 2.52. The Labute approximate surface area is 187 Å². The van der Waals surface area contributed by atoms with Crippen LogP contribution in [-0.2, 0) is 10.0 Å². The SMILES string of the molecule is NS(=O)(=O)CCC1CCCC(CNc2nonc2C(=Nc2ccc(F)c(Br)c2)NO)C1. The van der Waals surface area contributed by atoms with Gasteiger partial charge in [-0.3, -0.25) is 10.7 Å². The van der Waals surface area contributed by atoms with Gasteiger partial charge in [0.15, 0.2) is 11.5 Å². The summed E-state index contributed by atoms with van der Waals surface area (Å²) in [4.78, 5) is 4.22. The third-order valence-corrected chi connectivity index (χ3v) is 6.64. The van der Waals surface area contributed by atoms with E-state index in [1.807, 2.05) is 5.48 Å². The first-order valence-electron chi connectivity index (χ1n) is 9.76. The van der Waals surface area contributed by atoms with Gasteiger partial charge in [-0.1, -0.05) is 12.8 Å². The van der Waals surface area contributed by atoms with Crippen molar-refractivity contribution in [1.29, 1.82) is 0 Å². The molecule has 1 aliphatic carbocycles. The van der Waals surface area contributed by atoms with Gasteiger partial charge in [0.25, 0.3) is 0 Å². The summed E-state index contributed by atoms with van der Waals surface area (Å²) in [6.07, 6.45) is 4.44. The fourth-order valence-electron chi connectivity index (χ4n) is 3.70. The molecule has 0 saturated heterocycles. The van der Waals surface area contributed by atoms with E-state index < -0.39 is 15.8 Å². The Kier molecular flexibility index (Phi) is 7.97. The van der Waals surface area contributed by atoms with Gasteiger partial charge in [-0.2, -0.15) is 0 Å². The van der Waals surface area contributed by atoms with Gasteiger partial charge in [-0.25, -0.2) is 27.6 Å². The minimum absolute atomic E-state index is 0.00331. The van der Waals surface area contributed by atoms with Gasteiger partial charge in [-0.05, 0) is 75.5 Å². The number of aliphatic imine (C=N–C) groups is 1. The van der Waals surface area contributed by atoms with Gasteiger partial charge >= 0.3 is 0 Å². The lowest BCUT2D eigenvalue weighted by Crippen LogP contribution is -2.26. The van der Waals surface area contributed by atoms with Crippen molar-refractivity contribution >= 4 is 43.3 Å². The number of aromatic nitrogens is 2. The molecule has 1 aromatic carbocycles. The molecule has 1 aliphatic rings. The Morgan fingerprint density at radius 3 is 2.84 bits per heavy atom. The number of halogens is 2. The zero-order chi connectivity index (χ0) is 22.4. The maximum atomic E-state index is 13.4. The summed E-state index contributed by atoms with van der Waals surface area (Å²) in [5.74, 6) is 0.473. The van der Waals surface area contributed by atoms with Gasteiger partial charge < -0.3 is 5.32 Å². The highest BCUT2D eigenvalue weighted by Crippen LogP contribution is 2.31. The number of amidine groups is 1. The fraction of sp³-hybridized carbons (Fsp3) is 0.500. The Hall–Kier alpha value is -2.09. The monoisotopic (exact) mass is 518 g/mol. The van der Waals surface area contributed by atoms with Gasteiger partial charge in [0.2, 0.25) is 15.8 Å². The molecule has 0 spiro atoms. The molecule has 0 amide bonds. The van der Waals surface area contributed by atoms with E-state index in [1.165, 1.54) is 18.2 Å². The first-order valence-corrected chi connectivity index (χ1v) is 12.3. The number of hydroxylamine groups is 1. The third kappa shape index (κ3) is 6.95. The zero-order valence-electron chi connectivity index (χ0n) is 16.6. The van der Waals surface area contributed by atoms with Gasteiger partial charge in [-0.15, -0.1) is 0 Å². The van der Waals surface area contributed by atoms with Crippen molar-refractivity contribution in [2.75, 3.05) is 17.6 Å². The van der Waals surface area contributed by atoms with E-state index >= 15 is 0 Å². The van der Waals surface area contributed by atoms with E-state index in [0.29, 0.717) is 36.3 Å². The highest BCUT2D eigenvalue weighted by atomic mass is 79.9. The molecule has 10 nitrogen and oxygen atoms in total. The fourth-order valence-corrected chi connectivity index (χ4v) is 4.72. The van der Waals surface area contributed by atoms with Crippen molar-refractivity contribution in [2.24, 2.45) is 22.0 Å². The van der Waals surface area contributed by atoms with E-state index in [1.54, 1.807) is 0 Å². The lowest BCUT2D eigenvalue weighted by atomic mass is 9.80. The van der Waals surface area contributed by atoms with Crippen molar-refractivity contribution in [3.63, 3.8) is 0 Å².